The van der Waals surface area contributed by atoms with Gasteiger partial charge >= 0.3 is 0 Å². The Kier molecular flexibility index (Phi) is 5.61. The van der Waals surface area contributed by atoms with E-state index in [4.69, 9.17) is 5.73 Å². The summed E-state index contributed by atoms with van der Waals surface area (Å²) in [6.07, 6.45) is 1.99. The summed E-state index contributed by atoms with van der Waals surface area (Å²) in [5, 5.41) is 5.13. The number of hydrogen-bond donors (Lipinski definition) is 2. The Hall–Kier alpha value is -1.56. The second-order valence-electron chi connectivity index (χ2n) is 5.75. The summed E-state index contributed by atoms with van der Waals surface area (Å²) >= 11 is 1.77. The van der Waals surface area contributed by atoms with Crippen molar-refractivity contribution in [2.24, 2.45) is 16.6 Å². The molecule has 0 radical (unpaired) electrons. The van der Waals surface area contributed by atoms with Gasteiger partial charge in [0.15, 0.2) is 5.96 Å². The van der Waals surface area contributed by atoms with Crippen LogP contribution in [0.1, 0.15) is 30.7 Å². The molecule has 0 bridgehead atoms. The van der Waals surface area contributed by atoms with Gasteiger partial charge in [-0.15, -0.1) is 11.3 Å². The highest BCUT2D eigenvalue weighted by Crippen LogP contribution is 2.23. The summed E-state index contributed by atoms with van der Waals surface area (Å²) < 4.78 is 0. The molecule has 2 rings (SSSR count). The quantitative estimate of drug-likeness (QED) is 0.641. The summed E-state index contributed by atoms with van der Waals surface area (Å²) in [4.78, 5) is 19.6. The molecule has 5 nitrogen and oxygen atoms in total. The van der Waals surface area contributed by atoms with E-state index >= 15 is 0 Å². The van der Waals surface area contributed by atoms with E-state index < -0.39 is 0 Å². The number of fused-ring (bicyclic) bond motifs is 1. The largest absolute Gasteiger partial charge is 0.370 e. The molecule has 21 heavy (non-hydrogen) atoms. The molecule has 0 aliphatic carbocycles. The lowest BCUT2D eigenvalue weighted by atomic mass is 10.1. The van der Waals surface area contributed by atoms with Crippen LogP contribution in [0.15, 0.2) is 16.4 Å². The molecule has 0 unspecified atom stereocenters. The lowest BCUT2D eigenvalue weighted by molar-refractivity contribution is -0.130. The van der Waals surface area contributed by atoms with Gasteiger partial charge in [0, 0.05) is 24.5 Å². The third-order valence-corrected chi connectivity index (χ3v) is 4.60. The van der Waals surface area contributed by atoms with Crippen molar-refractivity contribution in [3.63, 3.8) is 0 Å². The van der Waals surface area contributed by atoms with Gasteiger partial charge in [-0.3, -0.25) is 4.79 Å². The van der Waals surface area contributed by atoms with Gasteiger partial charge in [-0.1, -0.05) is 13.8 Å². The zero-order chi connectivity index (χ0) is 15.2. The normalized spacial score (nSPS) is 15.2. The predicted molar refractivity (Wildman–Crippen MR) is 87.4 cm³/mol. The molecule has 1 aromatic heterocycles. The van der Waals surface area contributed by atoms with Crippen LogP contribution in [0, 0.1) is 5.92 Å². The van der Waals surface area contributed by atoms with Crippen LogP contribution in [0.5, 0.6) is 0 Å². The lowest BCUT2D eigenvalue weighted by Crippen LogP contribution is -2.38. The van der Waals surface area contributed by atoms with Crippen LogP contribution in [0.25, 0.3) is 0 Å². The van der Waals surface area contributed by atoms with E-state index in [0.29, 0.717) is 18.4 Å². The highest BCUT2D eigenvalue weighted by Gasteiger charge is 2.20. The summed E-state index contributed by atoms with van der Waals surface area (Å²) in [7, 11) is 0. The molecule has 1 aromatic rings. The van der Waals surface area contributed by atoms with E-state index in [1.165, 1.54) is 10.4 Å². The standard InChI is InChI=1S/C15H24N4OS/c1-11(2)3-6-17-15(16)18-9-14(20)19-7-4-13-12(10-19)5-8-21-13/h5,8,11H,3-4,6-7,9-10H2,1-2H3,(H3,16,17,18). The van der Waals surface area contributed by atoms with Gasteiger partial charge in [0.2, 0.25) is 5.91 Å². The van der Waals surface area contributed by atoms with Gasteiger partial charge in [-0.25, -0.2) is 4.99 Å². The summed E-state index contributed by atoms with van der Waals surface area (Å²) in [6, 6.07) is 2.10. The Balaban J connectivity index is 1.77. The molecule has 2 heterocycles. The van der Waals surface area contributed by atoms with Gasteiger partial charge in [0.25, 0.3) is 0 Å². The second kappa shape index (κ2) is 7.45. The molecule has 1 aliphatic heterocycles. The average Bonchev–Trinajstić information content (AvgIpc) is 2.91. The molecular formula is C15H24N4OS. The third kappa shape index (κ3) is 4.74. The monoisotopic (exact) mass is 308 g/mol. The predicted octanol–water partition coefficient (Wildman–Crippen LogP) is 1.58. The Morgan fingerprint density at radius 2 is 2.38 bits per heavy atom. The molecule has 6 heteroatoms. The van der Waals surface area contributed by atoms with Crippen LogP contribution < -0.4 is 11.1 Å². The number of carbonyl (C=O) groups is 1. The van der Waals surface area contributed by atoms with Crippen molar-refractivity contribution >= 4 is 23.2 Å². The molecule has 0 saturated heterocycles. The summed E-state index contributed by atoms with van der Waals surface area (Å²) in [5.74, 6) is 1.03. The molecule has 116 valence electrons. The number of carbonyl (C=O) groups excluding carboxylic acids is 1. The topological polar surface area (TPSA) is 70.7 Å². The number of nitrogens with two attached hydrogens (primary N) is 1. The number of thiophene rings is 1. The molecule has 3 N–H and O–H groups in total. The van der Waals surface area contributed by atoms with Crippen molar-refractivity contribution < 1.29 is 4.79 Å². The van der Waals surface area contributed by atoms with Gasteiger partial charge in [-0.2, -0.15) is 0 Å². The first-order valence-corrected chi connectivity index (χ1v) is 8.31. The number of hydrogen-bond acceptors (Lipinski definition) is 3. The fourth-order valence-electron chi connectivity index (χ4n) is 2.26. The molecule has 0 saturated carbocycles. The van der Waals surface area contributed by atoms with E-state index in [9.17, 15) is 4.79 Å². The summed E-state index contributed by atoms with van der Waals surface area (Å²) in [6.45, 7) is 6.72. The van der Waals surface area contributed by atoms with Gasteiger partial charge < -0.3 is 16.0 Å². The Morgan fingerprint density at radius 3 is 3.14 bits per heavy atom. The van der Waals surface area contributed by atoms with Crippen LogP contribution >= 0.6 is 11.3 Å². The van der Waals surface area contributed by atoms with E-state index in [0.717, 1.165) is 25.9 Å². The number of nitrogens with zero attached hydrogens (tertiary/aromatic N) is 2. The number of amides is 1. The van der Waals surface area contributed by atoms with E-state index in [1.807, 2.05) is 4.90 Å². The van der Waals surface area contributed by atoms with Crippen LogP contribution in [-0.4, -0.2) is 36.4 Å². The molecule has 0 fully saturated rings. The van der Waals surface area contributed by atoms with E-state index in [2.05, 4.69) is 35.6 Å². The zero-order valence-corrected chi connectivity index (χ0v) is 13.6. The zero-order valence-electron chi connectivity index (χ0n) is 12.8. The maximum absolute atomic E-state index is 12.2. The fourth-order valence-corrected chi connectivity index (χ4v) is 3.15. The van der Waals surface area contributed by atoms with Gasteiger partial charge in [0.1, 0.15) is 6.54 Å². The van der Waals surface area contributed by atoms with Gasteiger partial charge in [-0.05, 0) is 35.8 Å². The first kappa shape index (κ1) is 15.8. The molecular weight excluding hydrogens is 284 g/mol. The summed E-state index contributed by atoms with van der Waals surface area (Å²) in [5.41, 5.74) is 7.04. The maximum Gasteiger partial charge on any atom is 0.244 e. The first-order valence-electron chi connectivity index (χ1n) is 7.43. The highest BCUT2D eigenvalue weighted by atomic mass is 32.1. The minimum absolute atomic E-state index is 0.0421. The van der Waals surface area contributed by atoms with Crippen LogP contribution in [0.2, 0.25) is 0 Å². The van der Waals surface area contributed by atoms with Crippen molar-refractivity contribution in [2.75, 3.05) is 19.6 Å². The van der Waals surface area contributed by atoms with Crippen molar-refractivity contribution in [1.82, 2.24) is 10.2 Å². The maximum atomic E-state index is 12.2. The number of aliphatic imine (C=N–C) groups is 1. The molecule has 0 atom stereocenters. The molecule has 0 aromatic carbocycles. The van der Waals surface area contributed by atoms with Gasteiger partial charge in [0.05, 0.1) is 0 Å². The number of rotatable bonds is 5. The van der Waals surface area contributed by atoms with Crippen molar-refractivity contribution in [1.29, 1.82) is 0 Å². The Labute approximate surface area is 130 Å². The molecule has 1 amide bonds. The van der Waals surface area contributed by atoms with Crippen molar-refractivity contribution in [3.8, 4) is 0 Å². The third-order valence-electron chi connectivity index (χ3n) is 3.57. The fraction of sp³-hybridized carbons (Fsp3) is 0.600. The average molecular weight is 308 g/mol. The molecule has 1 aliphatic rings. The SMILES string of the molecule is CC(C)CCNC(N)=NCC(=O)N1CCc2sccc2C1. The second-order valence-corrected chi connectivity index (χ2v) is 6.75. The highest BCUT2D eigenvalue weighted by molar-refractivity contribution is 7.10. The Bertz CT molecular complexity index is 510. The van der Waals surface area contributed by atoms with Crippen LogP contribution in [-0.2, 0) is 17.8 Å². The lowest BCUT2D eigenvalue weighted by Gasteiger charge is -2.26. The number of guanidine groups is 1. The first-order chi connectivity index (χ1) is 10.1. The van der Waals surface area contributed by atoms with E-state index in [-0.39, 0.29) is 12.5 Å². The van der Waals surface area contributed by atoms with Crippen molar-refractivity contribution in [2.45, 2.75) is 33.2 Å². The minimum Gasteiger partial charge on any atom is -0.370 e. The van der Waals surface area contributed by atoms with E-state index in [1.54, 1.807) is 11.3 Å². The smallest absolute Gasteiger partial charge is 0.244 e. The number of nitrogens with one attached hydrogen (secondary N) is 1. The van der Waals surface area contributed by atoms with Crippen molar-refractivity contribution in [3.05, 3.63) is 21.9 Å². The Morgan fingerprint density at radius 1 is 1.57 bits per heavy atom. The molecule has 0 spiro atoms. The van der Waals surface area contributed by atoms with Crippen LogP contribution in [0.3, 0.4) is 0 Å². The minimum atomic E-state index is 0.0421. The van der Waals surface area contributed by atoms with Crippen LogP contribution in [0.4, 0.5) is 0 Å².